The highest BCUT2D eigenvalue weighted by Crippen LogP contribution is 2.01. The van der Waals surface area contributed by atoms with Gasteiger partial charge < -0.3 is 15.3 Å². The molecule has 0 spiro atoms. The van der Waals surface area contributed by atoms with Gasteiger partial charge in [-0.25, -0.2) is 4.79 Å². The zero-order chi connectivity index (χ0) is 17.2. The summed E-state index contributed by atoms with van der Waals surface area (Å²) in [6.45, 7) is -0.425. The Morgan fingerprint density at radius 3 is 2.43 bits per heavy atom. The molecular formula is C16H18N2O5. The second-order valence-corrected chi connectivity index (χ2v) is 4.76. The van der Waals surface area contributed by atoms with Crippen LogP contribution in [0.5, 0.6) is 0 Å². The number of ketones is 2. The lowest BCUT2D eigenvalue weighted by molar-refractivity contribution is -0.137. The SMILES string of the molecule is CN(CCC(=O)O)C(=O)NCC(=O)C(=O)/C=C/c1ccccc1. The minimum atomic E-state index is -1.03. The standard InChI is InChI=1S/C16H18N2O5/c1-18(10-9-15(21)22)16(23)17-11-14(20)13(19)8-7-12-5-3-2-4-6-12/h2-8H,9-11H2,1H3,(H,17,23)(H,21,22)/b8-7+. The molecule has 7 heteroatoms. The summed E-state index contributed by atoms with van der Waals surface area (Å²) in [5.74, 6) is -2.50. The normalized spacial score (nSPS) is 10.3. The fourth-order valence-corrected chi connectivity index (χ4v) is 1.57. The Balaban J connectivity index is 2.40. The summed E-state index contributed by atoms with van der Waals surface area (Å²) in [4.78, 5) is 46.4. The Morgan fingerprint density at radius 2 is 1.83 bits per heavy atom. The van der Waals surface area contributed by atoms with Gasteiger partial charge in [-0.15, -0.1) is 0 Å². The van der Waals surface area contributed by atoms with E-state index in [1.54, 1.807) is 24.3 Å². The summed E-state index contributed by atoms with van der Waals surface area (Å²) >= 11 is 0. The summed E-state index contributed by atoms with van der Waals surface area (Å²) in [5.41, 5.74) is 0.783. The van der Waals surface area contributed by atoms with Gasteiger partial charge in [0.05, 0.1) is 13.0 Å². The highest BCUT2D eigenvalue weighted by molar-refractivity contribution is 6.43. The van der Waals surface area contributed by atoms with Gasteiger partial charge in [0.2, 0.25) is 11.6 Å². The minimum Gasteiger partial charge on any atom is -0.481 e. The zero-order valence-electron chi connectivity index (χ0n) is 12.7. The molecule has 7 nitrogen and oxygen atoms in total. The quantitative estimate of drug-likeness (QED) is 0.549. The van der Waals surface area contributed by atoms with Crippen molar-refractivity contribution in [3.05, 3.63) is 42.0 Å². The summed E-state index contributed by atoms with van der Waals surface area (Å²) < 4.78 is 0. The molecule has 0 unspecified atom stereocenters. The molecule has 1 aromatic rings. The van der Waals surface area contributed by atoms with E-state index in [2.05, 4.69) is 5.32 Å². The van der Waals surface area contributed by atoms with Gasteiger partial charge in [-0.2, -0.15) is 0 Å². The van der Waals surface area contributed by atoms with Gasteiger partial charge in [0.15, 0.2) is 0 Å². The number of Topliss-reactive ketones (excluding diaryl/α,β-unsaturated/α-hetero) is 1. The van der Waals surface area contributed by atoms with Gasteiger partial charge >= 0.3 is 12.0 Å². The van der Waals surface area contributed by atoms with Crippen molar-refractivity contribution < 1.29 is 24.3 Å². The summed E-state index contributed by atoms with van der Waals surface area (Å²) in [6.07, 6.45) is 2.47. The number of aliphatic carboxylic acids is 1. The maximum Gasteiger partial charge on any atom is 0.317 e. The van der Waals surface area contributed by atoms with Crippen LogP contribution in [0, 0.1) is 0 Å². The Morgan fingerprint density at radius 1 is 1.17 bits per heavy atom. The van der Waals surface area contributed by atoms with Crippen molar-refractivity contribution in [1.29, 1.82) is 0 Å². The van der Waals surface area contributed by atoms with Crippen LogP contribution in [0.15, 0.2) is 36.4 Å². The van der Waals surface area contributed by atoms with Crippen LogP contribution in [0.1, 0.15) is 12.0 Å². The number of nitrogens with one attached hydrogen (secondary N) is 1. The van der Waals surface area contributed by atoms with Crippen LogP contribution in [-0.2, 0) is 14.4 Å². The Kier molecular flexibility index (Phi) is 7.19. The van der Waals surface area contributed by atoms with E-state index < -0.39 is 30.1 Å². The number of hydrogen-bond donors (Lipinski definition) is 2. The lowest BCUT2D eigenvalue weighted by Gasteiger charge is -2.16. The number of urea groups is 1. The van der Waals surface area contributed by atoms with Gasteiger partial charge in [-0.1, -0.05) is 36.4 Å². The summed E-state index contributed by atoms with van der Waals surface area (Å²) in [7, 11) is 1.40. The number of carbonyl (C=O) groups is 4. The molecule has 1 rings (SSSR count). The molecule has 0 heterocycles. The van der Waals surface area contributed by atoms with Crippen LogP contribution in [0.4, 0.5) is 4.79 Å². The predicted octanol–water partition coefficient (Wildman–Crippen LogP) is 0.954. The largest absolute Gasteiger partial charge is 0.481 e. The van der Waals surface area contributed by atoms with E-state index in [9.17, 15) is 19.2 Å². The summed E-state index contributed by atoms with van der Waals surface area (Å²) in [6, 6.07) is 8.40. The average molecular weight is 318 g/mol. The number of amides is 2. The number of carbonyl (C=O) groups excluding carboxylic acids is 3. The van der Waals surface area contributed by atoms with Crippen LogP contribution in [0.25, 0.3) is 6.08 Å². The van der Waals surface area contributed by atoms with Crippen molar-refractivity contribution >= 4 is 29.6 Å². The molecular weight excluding hydrogens is 300 g/mol. The molecule has 0 aliphatic rings. The van der Waals surface area contributed by atoms with Gasteiger partial charge in [-0.05, 0) is 11.6 Å². The van der Waals surface area contributed by atoms with Crippen LogP contribution >= 0.6 is 0 Å². The molecule has 0 aliphatic carbocycles. The third kappa shape index (κ3) is 7.03. The van der Waals surface area contributed by atoms with Crippen molar-refractivity contribution in [2.75, 3.05) is 20.1 Å². The minimum absolute atomic E-state index is 0.0111. The maximum atomic E-state index is 11.6. The van der Waals surface area contributed by atoms with E-state index in [0.717, 1.165) is 16.5 Å². The van der Waals surface area contributed by atoms with E-state index in [1.807, 2.05) is 6.07 Å². The average Bonchev–Trinajstić information content (AvgIpc) is 2.55. The van der Waals surface area contributed by atoms with Crippen molar-refractivity contribution in [3.8, 4) is 0 Å². The van der Waals surface area contributed by atoms with E-state index in [-0.39, 0.29) is 13.0 Å². The number of allylic oxidation sites excluding steroid dienone is 1. The fraction of sp³-hybridized carbons (Fsp3) is 0.250. The molecule has 0 saturated heterocycles. The van der Waals surface area contributed by atoms with Gasteiger partial charge in [0.1, 0.15) is 0 Å². The highest BCUT2D eigenvalue weighted by Gasteiger charge is 2.14. The maximum absolute atomic E-state index is 11.6. The number of nitrogens with zero attached hydrogens (tertiary/aromatic N) is 1. The van der Waals surface area contributed by atoms with Crippen LogP contribution in [0.2, 0.25) is 0 Å². The van der Waals surface area contributed by atoms with Gasteiger partial charge in [0.25, 0.3) is 0 Å². The first-order valence-corrected chi connectivity index (χ1v) is 6.91. The predicted molar refractivity (Wildman–Crippen MR) is 83.8 cm³/mol. The van der Waals surface area contributed by atoms with Gasteiger partial charge in [0, 0.05) is 13.6 Å². The Hall–Kier alpha value is -2.96. The third-order valence-corrected chi connectivity index (χ3v) is 2.91. The molecule has 23 heavy (non-hydrogen) atoms. The number of carboxylic acids is 1. The Labute approximate surface area is 133 Å². The number of hydrogen-bond acceptors (Lipinski definition) is 4. The molecule has 0 aromatic heterocycles. The number of benzene rings is 1. The second kappa shape index (κ2) is 9.14. The van der Waals surface area contributed by atoms with E-state index >= 15 is 0 Å². The lowest BCUT2D eigenvalue weighted by atomic mass is 10.1. The molecule has 2 amide bonds. The zero-order valence-corrected chi connectivity index (χ0v) is 12.7. The van der Waals surface area contributed by atoms with E-state index in [0.29, 0.717) is 0 Å². The van der Waals surface area contributed by atoms with Crippen molar-refractivity contribution in [2.24, 2.45) is 0 Å². The third-order valence-electron chi connectivity index (χ3n) is 2.91. The molecule has 2 N–H and O–H groups in total. The molecule has 0 aliphatic heterocycles. The first-order valence-electron chi connectivity index (χ1n) is 6.91. The first-order chi connectivity index (χ1) is 10.9. The number of rotatable bonds is 8. The smallest absolute Gasteiger partial charge is 0.317 e. The topological polar surface area (TPSA) is 104 Å². The monoisotopic (exact) mass is 318 g/mol. The first kappa shape index (κ1) is 18.1. The highest BCUT2D eigenvalue weighted by atomic mass is 16.4. The van der Waals surface area contributed by atoms with Crippen molar-refractivity contribution in [2.45, 2.75) is 6.42 Å². The molecule has 0 bridgehead atoms. The van der Waals surface area contributed by atoms with Gasteiger partial charge in [-0.3, -0.25) is 14.4 Å². The van der Waals surface area contributed by atoms with Crippen molar-refractivity contribution in [3.63, 3.8) is 0 Å². The Bertz CT molecular complexity index is 610. The lowest BCUT2D eigenvalue weighted by Crippen LogP contribution is -2.41. The number of carboxylic acid groups (broad SMARTS) is 1. The van der Waals surface area contributed by atoms with Crippen LogP contribution in [0.3, 0.4) is 0 Å². The summed E-state index contributed by atoms with van der Waals surface area (Å²) in [5, 5.41) is 10.8. The van der Waals surface area contributed by atoms with E-state index in [1.165, 1.54) is 13.1 Å². The van der Waals surface area contributed by atoms with Crippen LogP contribution < -0.4 is 5.32 Å². The van der Waals surface area contributed by atoms with E-state index in [4.69, 9.17) is 5.11 Å². The molecule has 0 fully saturated rings. The fourth-order valence-electron chi connectivity index (χ4n) is 1.57. The van der Waals surface area contributed by atoms with Crippen molar-refractivity contribution in [1.82, 2.24) is 10.2 Å². The molecule has 0 radical (unpaired) electrons. The van der Waals surface area contributed by atoms with Crippen LogP contribution in [-0.4, -0.2) is 53.7 Å². The molecule has 1 aromatic carbocycles. The second-order valence-electron chi connectivity index (χ2n) is 4.76. The molecule has 122 valence electrons. The molecule has 0 atom stereocenters. The molecule has 0 saturated carbocycles.